The number of ether oxygens (including phenoxy) is 2. The third-order valence-electron chi connectivity index (χ3n) is 4.09. The Morgan fingerprint density at radius 2 is 1.83 bits per heavy atom. The molecule has 30 heavy (non-hydrogen) atoms. The Bertz CT molecular complexity index is 1080. The van der Waals surface area contributed by atoms with Crippen LogP contribution in [0.3, 0.4) is 0 Å². The molecule has 0 aliphatic carbocycles. The zero-order valence-corrected chi connectivity index (χ0v) is 18.0. The molecule has 8 nitrogen and oxygen atoms in total. The van der Waals surface area contributed by atoms with Gasteiger partial charge in [0.1, 0.15) is 0 Å². The highest BCUT2D eigenvalue weighted by Crippen LogP contribution is 2.27. The highest BCUT2D eigenvalue weighted by atomic mass is 32.2. The normalized spacial score (nSPS) is 12.1. The molecule has 0 aliphatic heterocycles. The van der Waals surface area contributed by atoms with E-state index in [-0.39, 0.29) is 15.9 Å². The summed E-state index contributed by atoms with van der Waals surface area (Å²) in [4.78, 5) is 16.6. The first-order chi connectivity index (χ1) is 14.4. The summed E-state index contributed by atoms with van der Waals surface area (Å²) in [5.74, 6) is 0.655. The fourth-order valence-corrected chi connectivity index (χ4v) is 4.37. The van der Waals surface area contributed by atoms with Crippen molar-refractivity contribution in [3.63, 3.8) is 0 Å². The minimum absolute atomic E-state index is 0.0630. The summed E-state index contributed by atoms with van der Waals surface area (Å²) < 4.78 is 38.2. The number of benzene rings is 2. The van der Waals surface area contributed by atoms with Crippen molar-refractivity contribution < 1.29 is 22.7 Å². The van der Waals surface area contributed by atoms with Crippen molar-refractivity contribution in [1.29, 1.82) is 0 Å². The van der Waals surface area contributed by atoms with Crippen molar-refractivity contribution in [2.75, 3.05) is 17.1 Å². The van der Waals surface area contributed by atoms with Crippen LogP contribution in [0.2, 0.25) is 0 Å². The first-order valence-corrected chi connectivity index (χ1v) is 11.4. The van der Waals surface area contributed by atoms with Crippen LogP contribution in [0.5, 0.6) is 11.5 Å². The van der Waals surface area contributed by atoms with Gasteiger partial charge in [0.15, 0.2) is 22.7 Å². The number of carbonyl (C=O) groups excluding carboxylic acids is 1. The van der Waals surface area contributed by atoms with E-state index < -0.39 is 16.1 Å². The summed E-state index contributed by atoms with van der Waals surface area (Å²) >= 11 is 1.18. The van der Waals surface area contributed by atoms with Gasteiger partial charge >= 0.3 is 0 Å². The molecule has 1 amide bonds. The van der Waals surface area contributed by atoms with E-state index in [2.05, 4.69) is 15.0 Å². The minimum Gasteiger partial charge on any atom is -0.493 e. The molecule has 3 rings (SSSR count). The van der Waals surface area contributed by atoms with Gasteiger partial charge in [0.2, 0.25) is 0 Å². The number of thiazole rings is 1. The largest absolute Gasteiger partial charge is 0.493 e. The van der Waals surface area contributed by atoms with Crippen molar-refractivity contribution in [1.82, 2.24) is 4.98 Å². The Morgan fingerprint density at radius 1 is 1.13 bits per heavy atom. The molecule has 10 heteroatoms. The standard InChI is InChI=1S/C20H21N3O5S2/c1-3-16(28-18-7-5-4-6-17(18)27-2)19(24)22-14-8-10-15(11-9-14)30(25,26)23-20-21-12-13-29-20/h4-13,16H,3H2,1-2H3,(H,21,23)(H,22,24). The van der Waals surface area contributed by atoms with E-state index in [0.29, 0.717) is 23.6 Å². The number of amides is 1. The zero-order chi connectivity index (χ0) is 21.6. The number of methoxy groups -OCH3 is 1. The molecule has 3 aromatic rings. The molecule has 0 bridgehead atoms. The molecule has 0 spiro atoms. The summed E-state index contributed by atoms with van der Waals surface area (Å²) in [6.45, 7) is 1.83. The summed E-state index contributed by atoms with van der Waals surface area (Å²) in [5.41, 5.74) is 0.454. The van der Waals surface area contributed by atoms with E-state index in [4.69, 9.17) is 9.47 Å². The first kappa shape index (κ1) is 21.6. The summed E-state index contributed by atoms with van der Waals surface area (Å²) in [5, 5.41) is 4.70. The van der Waals surface area contributed by atoms with E-state index in [1.54, 1.807) is 23.6 Å². The van der Waals surface area contributed by atoms with Gasteiger partial charge in [-0.25, -0.2) is 13.4 Å². The van der Waals surface area contributed by atoms with Gasteiger partial charge in [0.05, 0.1) is 12.0 Å². The maximum Gasteiger partial charge on any atom is 0.265 e. The van der Waals surface area contributed by atoms with Crippen molar-refractivity contribution in [2.24, 2.45) is 0 Å². The van der Waals surface area contributed by atoms with Crippen LogP contribution in [0.1, 0.15) is 13.3 Å². The van der Waals surface area contributed by atoms with Crippen LogP contribution in [0.25, 0.3) is 0 Å². The van der Waals surface area contributed by atoms with Gasteiger partial charge < -0.3 is 14.8 Å². The van der Waals surface area contributed by atoms with E-state index >= 15 is 0 Å². The van der Waals surface area contributed by atoms with E-state index in [1.807, 2.05) is 13.0 Å². The van der Waals surface area contributed by atoms with Crippen molar-refractivity contribution in [3.8, 4) is 11.5 Å². The molecule has 2 aromatic carbocycles. The summed E-state index contributed by atoms with van der Waals surface area (Å²) in [6, 6.07) is 12.9. The van der Waals surface area contributed by atoms with Gasteiger partial charge in [-0.2, -0.15) is 0 Å². The second kappa shape index (κ2) is 9.59. The lowest BCUT2D eigenvalue weighted by Gasteiger charge is -2.19. The van der Waals surface area contributed by atoms with Crippen LogP contribution >= 0.6 is 11.3 Å². The molecule has 1 atom stereocenters. The number of nitrogens with zero attached hydrogens (tertiary/aromatic N) is 1. The number of anilines is 2. The van der Waals surface area contributed by atoms with Crippen molar-refractivity contribution in [3.05, 3.63) is 60.1 Å². The van der Waals surface area contributed by atoms with Crippen LogP contribution in [0, 0.1) is 0 Å². The van der Waals surface area contributed by atoms with Gasteiger partial charge in [-0.3, -0.25) is 9.52 Å². The number of hydrogen-bond acceptors (Lipinski definition) is 7. The topological polar surface area (TPSA) is 107 Å². The summed E-state index contributed by atoms with van der Waals surface area (Å²) in [6.07, 6.45) is 1.21. The Kier molecular flexibility index (Phi) is 6.91. The van der Waals surface area contributed by atoms with Crippen LogP contribution in [-0.2, 0) is 14.8 Å². The molecular formula is C20H21N3O5S2. The Morgan fingerprint density at radius 3 is 2.43 bits per heavy atom. The lowest BCUT2D eigenvalue weighted by Crippen LogP contribution is -2.32. The van der Waals surface area contributed by atoms with Crippen molar-refractivity contribution in [2.45, 2.75) is 24.3 Å². The maximum atomic E-state index is 12.6. The molecule has 0 radical (unpaired) electrons. The summed E-state index contributed by atoms with van der Waals surface area (Å²) in [7, 11) is -2.22. The van der Waals surface area contributed by atoms with E-state index in [9.17, 15) is 13.2 Å². The monoisotopic (exact) mass is 447 g/mol. The number of hydrogen-bond donors (Lipinski definition) is 2. The average Bonchev–Trinajstić information content (AvgIpc) is 3.24. The van der Waals surface area contributed by atoms with Gasteiger partial charge in [0, 0.05) is 17.3 Å². The quantitative estimate of drug-likeness (QED) is 0.517. The smallest absolute Gasteiger partial charge is 0.265 e. The number of sulfonamides is 1. The predicted octanol–water partition coefficient (Wildman–Crippen LogP) is 3.75. The third-order valence-corrected chi connectivity index (χ3v) is 6.26. The lowest BCUT2D eigenvalue weighted by molar-refractivity contribution is -0.122. The maximum absolute atomic E-state index is 12.6. The molecule has 1 heterocycles. The first-order valence-electron chi connectivity index (χ1n) is 9.06. The predicted molar refractivity (Wildman–Crippen MR) is 116 cm³/mol. The van der Waals surface area contributed by atoms with Gasteiger partial charge in [-0.05, 0) is 42.8 Å². The molecule has 0 saturated heterocycles. The number of rotatable bonds is 9. The third kappa shape index (κ3) is 5.28. The Hall–Kier alpha value is -3.11. The zero-order valence-electron chi connectivity index (χ0n) is 16.4. The van der Waals surface area contributed by atoms with Crippen LogP contribution in [0.4, 0.5) is 10.8 Å². The number of nitrogens with one attached hydrogen (secondary N) is 2. The number of carbonyl (C=O) groups is 1. The Balaban J connectivity index is 1.67. The van der Waals surface area contributed by atoms with Crippen molar-refractivity contribution >= 4 is 38.1 Å². The molecule has 0 aliphatic rings. The molecular weight excluding hydrogens is 426 g/mol. The average molecular weight is 448 g/mol. The fraction of sp³-hybridized carbons (Fsp3) is 0.200. The molecule has 1 aromatic heterocycles. The van der Waals surface area contributed by atoms with Gasteiger partial charge in [-0.15, -0.1) is 11.3 Å². The van der Waals surface area contributed by atoms with E-state index in [0.717, 1.165) is 0 Å². The minimum atomic E-state index is -3.75. The number of para-hydroxylation sites is 2. The fourth-order valence-electron chi connectivity index (χ4n) is 2.58. The van der Waals surface area contributed by atoms with E-state index in [1.165, 1.54) is 48.9 Å². The van der Waals surface area contributed by atoms with Gasteiger partial charge in [0.25, 0.3) is 15.9 Å². The highest BCUT2D eigenvalue weighted by Gasteiger charge is 2.21. The SMILES string of the molecule is CCC(Oc1ccccc1OC)C(=O)Nc1ccc(S(=O)(=O)Nc2nccs2)cc1. The molecule has 0 fully saturated rings. The van der Waals surface area contributed by atoms with Gasteiger partial charge in [-0.1, -0.05) is 19.1 Å². The molecule has 0 saturated carbocycles. The molecule has 2 N–H and O–H groups in total. The molecule has 1 unspecified atom stereocenters. The number of aromatic nitrogens is 1. The van der Waals surface area contributed by atoms with Crippen LogP contribution < -0.4 is 19.5 Å². The second-order valence-corrected chi connectivity index (χ2v) is 8.70. The lowest BCUT2D eigenvalue weighted by atomic mass is 10.2. The van der Waals surface area contributed by atoms with Crippen LogP contribution in [0.15, 0.2) is 65.0 Å². The highest BCUT2D eigenvalue weighted by molar-refractivity contribution is 7.93. The Labute approximate surface area is 178 Å². The molecule has 158 valence electrons. The second-order valence-electron chi connectivity index (χ2n) is 6.12. The van der Waals surface area contributed by atoms with Crippen LogP contribution in [-0.4, -0.2) is 32.5 Å².